The third-order valence-corrected chi connectivity index (χ3v) is 7.09. The van der Waals surface area contributed by atoms with Gasteiger partial charge in [-0.15, -0.1) is 0 Å². The van der Waals surface area contributed by atoms with Gasteiger partial charge in [0.25, 0.3) is 0 Å². The molecule has 1 unspecified atom stereocenters. The van der Waals surface area contributed by atoms with Gasteiger partial charge in [0.15, 0.2) is 0 Å². The topological polar surface area (TPSA) is 66.5 Å². The number of nitrogens with zero attached hydrogens (tertiary/aromatic N) is 1. The van der Waals surface area contributed by atoms with Gasteiger partial charge >= 0.3 is 0 Å². The SMILES string of the molecule is O=C1NCCCCC1N(Cc1cc(Cl)cc(Cl)c1)S(=O)(=O)c1ccc(Cl)cc1. The lowest BCUT2D eigenvalue weighted by molar-refractivity contribution is -0.124. The largest absolute Gasteiger partial charge is 0.355 e. The molecule has 1 aliphatic heterocycles. The lowest BCUT2D eigenvalue weighted by Crippen LogP contribution is -2.48. The van der Waals surface area contributed by atoms with Crippen LogP contribution in [0.1, 0.15) is 24.8 Å². The van der Waals surface area contributed by atoms with E-state index >= 15 is 0 Å². The molecule has 150 valence electrons. The van der Waals surface area contributed by atoms with E-state index in [2.05, 4.69) is 5.32 Å². The van der Waals surface area contributed by atoms with E-state index in [0.717, 1.165) is 12.8 Å². The molecule has 2 aromatic carbocycles. The van der Waals surface area contributed by atoms with Crippen LogP contribution < -0.4 is 5.32 Å². The van der Waals surface area contributed by atoms with E-state index < -0.39 is 16.1 Å². The zero-order chi connectivity index (χ0) is 20.3. The highest BCUT2D eigenvalue weighted by atomic mass is 35.5. The predicted molar refractivity (Wildman–Crippen MR) is 111 cm³/mol. The van der Waals surface area contributed by atoms with Crippen LogP contribution in [0.15, 0.2) is 47.4 Å². The van der Waals surface area contributed by atoms with E-state index in [1.54, 1.807) is 18.2 Å². The van der Waals surface area contributed by atoms with Crippen LogP contribution >= 0.6 is 34.8 Å². The van der Waals surface area contributed by atoms with Crippen molar-refractivity contribution in [1.29, 1.82) is 0 Å². The van der Waals surface area contributed by atoms with Crippen LogP contribution in [0, 0.1) is 0 Å². The summed E-state index contributed by atoms with van der Waals surface area (Å²) < 4.78 is 28.0. The third kappa shape index (κ3) is 4.99. The second-order valence-electron chi connectivity index (χ2n) is 6.58. The van der Waals surface area contributed by atoms with Crippen molar-refractivity contribution >= 4 is 50.7 Å². The van der Waals surface area contributed by atoms with Crippen molar-refractivity contribution in [2.75, 3.05) is 6.54 Å². The highest BCUT2D eigenvalue weighted by Crippen LogP contribution is 2.28. The number of carbonyl (C=O) groups excluding carboxylic acids is 1. The van der Waals surface area contributed by atoms with Crippen molar-refractivity contribution in [2.45, 2.75) is 36.7 Å². The van der Waals surface area contributed by atoms with Gasteiger partial charge in [0.1, 0.15) is 6.04 Å². The normalized spacial score (nSPS) is 18.0. The summed E-state index contributed by atoms with van der Waals surface area (Å²) in [7, 11) is -3.96. The van der Waals surface area contributed by atoms with Crippen molar-refractivity contribution in [1.82, 2.24) is 9.62 Å². The van der Waals surface area contributed by atoms with E-state index in [0.29, 0.717) is 33.6 Å². The van der Waals surface area contributed by atoms with Gasteiger partial charge in [-0.3, -0.25) is 4.79 Å². The van der Waals surface area contributed by atoms with Crippen molar-refractivity contribution in [3.8, 4) is 0 Å². The summed E-state index contributed by atoms with van der Waals surface area (Å²) >= 11 is 18.1. The summed E-state index contributed by atoms with van der Waals surface area (Å²) in [6.07, 6.45) is 1.99. The molecule has 0 saturated carbocycles. The Hall–Kier alpha value is -1.31. The van der Waals surface area contributed by atoms with E-state index in [9.17, 15) is 13.2 Å². The molecule has 1 heterocycles. The lowest BCUT2D eigenvalue weighted by atomic mass is 10.1. The summed E-state index contributed by atoms with van der Waals surface area (Å²) in [4.78, 5) is 12.7. The zero-order valence-corrected chi connectivity index (χ0v) is 18.0. The molecule has 2 aromatic rings. The molecule has 1 aliphatic rings. The first-order valence-electron chi connectivity index (χ1n) is 8.77. The van der Waals surface area contributed by atoms with Gasteiger partial charge in [-0.25, -0.2) is 8.42 Å². The van der Waals surface area contributed by atoms with Crippen molar-refractivity contribution in [3.63, 3.8) is 0 Å². The number of hydrogen-bond acceptors (Lipinski definition) is 3. The Balaban J connectivity index is 2.04. The Kier molecular flexibility index (Phi) is 6.89. The Bertz CT molecular complexity index is 945. The molecule has 9 heteroatoms. The molecule has 0 aliphatic carbocycles. The molecule has 5 nitrogen and oxygen atoms in total. The Morgan fingerprint density at radius 1 is 0.964 bits per heavy atom. The molecule has 3 rings (SSSR count). The van der Waals surface area contributed by atoms with Gasteiger partial charge in [0, 0.05) is 28.2 Å². The molecule has 0 radical (unpaired) electrons. The molecule has 1 saturated heterocycles. The predicted octanol–water partition coefficient (Wildman–Crippen LogP) is 4.51. The number of sulfonamides is 1. The van der Waals surface area contributed by atoms with Crippen LogP contribution in [-0.2, 0) is 21.4 Å². The molecule has 1 amide bonds. The maximum atomic E-state index is 13.4. The standard InChI is InChI=1S/C19H19Cl3N2O3S/c20-14-4-6-17(7-5-14)28(26,27)24(18-3-1-2-8-23-19(18)25)12-13-9-15(21)11-16(22)10-13/h4-7,9-11,18H,1-3,8,12H2,(H,23,25). The minimum absolute atomic E-state index is 0.0245. The molecular formula is C19H19Cl3N2O3S. The van der Waals surface area contributed by atoms with Gasteiger partial charge in [-0.05, 0) is 67.3 Å². The molecule has 1 N–H and O–H groups in total. The fraction of sp³-hybridized carbons (Fsp3) is 0.316. The number of amides is 1. The van der Waals surface area contributed by atoms with Crippen LogP contribution in [0.5, 0.6) is 0 Å². The lowest BCUT2D eigenvalue weighted by Gasteiger charge is -2.29. The first-order valence-corrected chi connectivity index (χ1v) is 11.3. The number of hydrogen-bond donors (Lipinski definition) is 1. The fourth-order valence-electron chi connectivity index (χ4n) is 3.18. The van der Waals surface area contributed by atoms with Crippen LogP contribution in [0.3, 0.4) is 0 Å². The zero-order valence-electron chi connectivity index (χ0n) is 14.9. The average molecular weight is 462 g/mol. The first-order chi connectivity index (χ1) is 13.3. The van der Waals surface area contributed by atoms with Crippen molar-refractivity contribution in [2.24, 2.45) is 0 Å². The molecule has 0 spiro atoms. The summed E-state index contributed by atoms with van der Waals surface area (Å²) in [5.41, 5.74) is 0.604. The van der Waals surface area contributed by atoms with Gasteiger partial charge in [0.2, 0.25) is 15.9 Å². The number of halogens is 3. The first kappa shape index (κ1) is 21.4. The Morgan fingerprint density at radius 3 is 2.25 bits per heavy atom. The van der Waals surface area contributed by atoms with Gasteiger partial charge in [0.05, 0.1) is 4.90 Å². The summed E-state index contributed by atoms with van der Waals surface area (Å²) in [5.74, 6) is -0.303. The highest BCUT2D eigenvalue weighted by Gasteiger charge is 2.36. The minimum Gasteiger partial charge on any atom is -0.355 e. The number of carbonyl (C=O) groups is 1. The maximum absolute atomic E-state index is 13.4. The fourth-order valence-corrected chi connectivity index (χ4v) is 5.49. The van der Waals surface area contributed by atoms with Crippen molar-refractivity contribution in [3.05, 3.63) is 63.1 Å². The molecule has 0 bridgehead atoms. The molecule has 28 heavy (non-hydrogen) atoms. The summed E-state index contributed by atoms with van der Waals surface area (Å²) in [5, 5.41) is 4.03. The van der Waals surface area contributed by atoms with Crippen LogP contribution in [-0.4, -0.2) is 31.2 Å². The second kappa shape index (κ2) is 9.01. The smallest absolute Gasteiger partial charge is 0.244 e. The molecule has 1 fully saturated rings. The monoisotopic (exact) mass is 460 g/mol. The van der Waals surface area contributed by atoms with Gasteiger partial charge < -0.3 is 5.32 Å². The van der Waals surface area contributed by atoms with Crippen molar-refractivity contribution < 1.29 is 13.2 Å². The highest BCUT2D eigenvalue weighted by molar-refractivity contribution is 7.89. The van der Waals surface area contributed by atoms with Gasteiger partial charge in [-0.1, -0.05) is 34.8 Å². The van der Waals surface area contributed by atoms with E-state index in [1.807, 2.05) is 0 Å². The van der Waals surface area contributed by atoms with Crippen LogP contribution in [0.4, 0.5) is 0 Å². The third-order valence-electron chi connectivity index (χ3n) is 4.53. The van der Waals surface area contributed by atoms with Gasteiger partial charge in [-0.2, -0.15) is 4.31 Å². The Morgan fingerprint density at radius 2 is 1.61 bits per heavy atom. The molecular weight excluding hydrogens is 443 g/mol. The Labute approximate surface area is 179 Å². The summed E-state index contributed by atoms with van der Waals surface area (Å²) in [6.45, 7) is 0.510. The number of benzene rings is 2. The quantitative estimate of drug-likeness (QED) is 0.712. The average Bonchev–Trinajstić information content (AvgIpc) is 2.83. The van der Waals surface area contributed by atoms with E-state index in [1.165, 1.54) is 28.6 Å². The summed E-state index contributed by atoms with van der Waals surface area (Å²) in [6, 6.07) is 9.93. The second-order valence-corrected chi connectivity index (χ2v) is 9.78. The van der Waals surface area contributed by atoms with E-state index in [4.69, 9.17) is 34.8 Å². The van der Waals surface area contributed by atoms with E-state index in [-0.39, 0.29) is 17.3 Å². The van der Waals surface area contributed by atoms with Crippen LogP contribution in [0.2, 0.25) is 15.1 Å². The molecule has 0 aromatic heterocycles. The minimum atomic E-state index is -3.96. The number of nitrogens with one attached hydrogen (secondary N) is 1. The van der Waals surface area contributed by atoms with Crippen LogP contribution in [0.25, 0.3) is 0 Å². The maximum Gasteiger partial charge on any atom is 0.244 e. The number of rotatable bonds is 5. The molecule has 1 atom stereocenters.